The second-order valence-corrected chi connectivity index (χ2v) is 6.92. The summed E-state index contributed by atoms with van der Waals surface area (Å²) >= 11 is 0. The van der Waals surface area contributed by atoms with E-state index in [1.807, 2.05) is 12.3 Å². The van der Waals surface area contributed by atoms with Gasteiger partial charge in [-0.3, -0.25) is 0 Å². The van der Waals surface area contributed by atoms with E-state index in [2.05, 4.69) is 47.2 Å². The molecule has 2 saturated heterocycles. The van der Waals surface area contributed by atoms with Gasteiger partial charge in [0.2, 0.25) is 5.95 Å². The summed E-state index contributed by atoms with van der Waals surface area (Å²) in [4.78, 5) is 11.4. The average molecular weight is 354 g/mol. The van der Waals surface area contributed by atoms with Gasteiger partial charge in [0, 0.05) is 37.8 Å². The normalized spacial score (nSPS) is 19.1. The van der Waals surface area contributed by atoms with E-state index in [9.17, 15) is 0 Å². The van der Waals surface area contributed by atoms with E-state index < -0.39 is 0 Å². The molecule has 0 radical (unpaired) electrons. The van der Waals surface area contributed by atoms with Gasteiger partial charge in [0.1, 0.15) is 5.82 Å². The molecule has 2 fully saturated rings. The molecule has 2 aromatic rings. The number of benzene rings is 1. The van der Waals surface area contributed by atoms with Crippen molar-refractivity contribution in [3.63, 3.8) is 0 Å². The molecule has 0 atom stereocenters. The molecule has 2 aliphatic rings. The van der Waals surface area contributed by atoms with Crippen LogP contribution >= 0.6 is 0 Å². The van der Waals surface area contributed by atoms with Gasteiger partial charge in [-0.25, -0.2) is 4.98 Å². The number of piperidine rings is 1. The molecule has 6 heteroatoms. The standard InChI is InChI=1S/C20H26N4O2/c1-3-16-6-4-5-15(2)18(16)23-19-21-10-7-17(22-19)24-11-8-20(9-12-24)25-13-14-26-20/h4-7,10H,3,8-9,11-14H2,1-2H3,(H,21,22,23). The third-order valence-electron chi connectivity index (χ3n) is 5.28. The Morgan fingerprint density at radius 2 is 1.92 bits per heavy atom. The molecule has 0 aliphatic carbocycles. The van der Waals surface area contributed by atoms with E-state index in [-0.39, 0.29) is 5.79 Å². The third-order valence-corrected chi connectivity index (χ3v) is 5.28. The van der Waals surface area contributed by atoms with Gasteiger partial charge in [-0.1, -0.05) is 25.1 Å². The summed E-state index contributed by atoms with van der Waals surface area (Å²) in [6.07, 6.45) is 4.54. The summed E-state index contributed by atoms with van der Waals surface area (Å²) in [5.41, 5.74) is 3.58. The van der Waals surface area contributed by atoms with E-state index in [4.69, 9.17) is 14.5 Å². The second kappa shape index (κ2) is 7.21. The van der Waals surface area contributed by atoms with Crippen LogP contribution in [-0.2, 0) is 15.9 Å². The van der Waals surface area contributed by atoms with Gasteiger partial charge < -0.3 is 19.7 Å². The Morgan fingerprint density at radius 1 is 1.15 bits per heavy atom. The molecule has 0 bridgehead atoms. The topological polar surface area (TPSA) is 59.5 Å². The lowest BCUT2D eigenvalue weighted by Gasteiger charge is -2.38. The molecular weight excluding hydrogens is 328 g/mol. The summed E-state index contributed by atoms with van der Waals surface area (Å²) in [5, 5.41) is 3.42. The van der Waals surface area contributed by atoms with Crippen LogP contribution in [0, 0.1) is 6.92 Å². The maximum Gasteiger partial charge on any atom is 0.229 e. The summed E-state index contributed by atoms with van der Waals surface area (Å²) in [6, 6.07) is 8.31. The summed E-state index contributed by atoms with van der Waals surface area (Å²) in [5.74, 6) is 1.23. The van der Waals surface area contributed by atoms with Crippen molar-refractivity contribution >= 4 is 17.5 Å². The Bertz CT molecular complexity index is 764. The number of nitrogens with zero attached hydrogens (tertiary/aromatic N) is 3. The van der Waals surface area contributed by atoms with Crippen molar-refractivity contribution in [1.29, 1.82) is 0 Å². The van der Waals surface area contributed by atoms with E-state index >= 15 is 0 Å². The quantitative estimate of drug-likeness (QED) is 0.908. The number of anilines is 3. The van der Waals surface area contributed by atoms with E-state index in [0.29, 0.717) is 19.2 Å². The lowest BCUT2D eigenvalue weighted by molar-refractivity contribution is -0.169. The smallest absolute Gasteiger partial charge is 0.229 e. The van der Waals surface area contributed by atoms with Crippen molar-refractivity contribution in [2.45, 2.75) is 38.9 Å². The first-order valence-corrected chi connectivity index (χ1v) is 9.40. The van der Waals surface area contributed by atoms with Gasteiger partial charge in [-0.2, -0.15) is 4.98 Å². The van der Waals surface area contributed by atoms with Crippen molar-refractivity contribution in [3.05, 3.63) is 41.6 Å². The molecule has 138 valence electrons. The number of aryl methyl sites for hydroxylation is 2. The number of rotatable bonds is 4. The molecule has 4 rings (SSSR count). The van der Waals surface area contributed by atoms with Crippen LogP contribution in [-0.4, -0.2) is 42.1 Å². The van der Waals surface area contributed by atoms with Gasteiger partial charge >= 0.3 is 0 Å². The molecule has 0 unspecified atom stereocenters. The minimum atomic E-state index is -0.359. The number of ether oxygens (including phenoxy) is 2. The van der Waals surface area contributed by atoms with Crippen LogP contribution in [0.3, 0.4) is 0 Å². The van der Waals surface area contributed by atoms with Crippen LogP contribution in [0.5, 0.6) is 0 Å². The SMILES string of the molecule is CCc1cccc(C)c1Nc1nccc(N2CCC3(CC2)OCCO3)n1. The molecule has 3 heterocycles. The zero-order valence-electron chi connectivity index (χ0n) is 15.5. The van der Waals surface area contributed by atoms with Crippen LogP contribution in [0.15, 0.2) is 30.5 Å². The summed E-state index contributed by atoms with van der Waals surface area (Å²) < 4.78 is 11.6. The number of para-hydroxylation sites is 1. The molecule has 1 N–H and O–H groups in total. The van der Waals surface area contributed by atoms with Crippen molar-refractivity contribution in [1.82, 2.24) is 9.97 Å². The van der Waals surface area contributed by atoms with Gasteiger partial charge in [0.05, 0.1) is 13.2 Å². The first kappa shape index (κ1) is 17.2. The highest BCUT2D eigenvalue weighted by Gasteiger charge is 2.40. The highest BCUT2D eigenvalue weighted by Crippen LogP contribution is 2.33. The fraction of sp³-hybridized carbons (Fsp3) is 0.500. The molecule has 1 aromatic heterocycles. The van der Waals surface area contributed by atoms with Crippen LogP contribution in [0.2, 0.25) is 0 Å². The van der Waals surface area contributed by atoms with Gasteiger partial charge in [-0.15, -0.1) is 0 Å². The lowest BCUT2D eigenvalue weighted by atomic mass is 10.0. The predicted molar refractivity (Wildman–Crippen MR) is 102 cm³/mol. The van der Waals surface area contributed by atoms with Crippen molar-refractivity contribution in [2.75, 3.05) is 36.5 Å². The maximum atomic E-state index is 5.81. The third kappa shape index (κ3) is 3.39. The van der Waals surface area contributed by atoms with E-state index in [1.165, 1.54) is 11.1 Å². The molecule has 0 saturated carbocycles. The van der Waals surface area contributed by atoms with E-state index in [0.717, 1.165) is 43.9 Å². The number of hydrogen-bond donors (Lipinski definition) is 1. The van der Waals surface area contributed by atoms with Crippen LogP contribution in [0.4, 0.5) is 17.5 Å². The molecule has 6 nitrogen and oxygen atoms in total. The van der Waals surface area contributed by atoms with Crippen molar-refractivity contribution in [2.24, 2.45) is 0 Å². The Kier molecular flexibility index (Phi) is 4.78. The fourth-order valence-electron chi connectivity index (χ4n) is 3.76. The fourth-order valence-corrected chi connectivity index (χ4v) is 3.76. The van der Waals surface area contributed by atoms with E-state index in [1.54, 1.807) is 0 Å². The van der Waals surface area contributed by atoms with Crippen molar-refractivity contribution < 1.29 is 9.47 Å². The molecule has 1 spiro atoms. The maximum absolute atomic E-state index is 5.81. The van der Waals surface area contributed by atoms with Crippen LogP contribution in [0.25, 0.3) is 0 Å². The number of hydrogen-bond acceptors (Lipinski definition) is 6. The van der Waals surface area contributed by atoms with Crippen molar-refractivity contribution in [3.8, 4) is 0 Å². The second-order valence-electron chi connectivity index (χ2n) is 6.92. The minimum Gasteiger partial charge on any atom is -0.356 e. The van der Waals surface area contributed by atoms with Crippen LogP contribution < -0.4 is 10.2 Å². The molecule has 2 aliphatic heterocycles. The summed E-state index contributed by atoms with van der Waals surface area (Å²) in [6.45, 7) is 7.43. The average Bonchev–Trinajstić information content (AvgIpc) is 3.12. The Morgan fingerprint density at radius 3 is 2.65 bits per heavy atom. The lowest BCUT2D eigenvalue weighted by Crippen LogP contribution is -2.45. The molecular formula is C20H26N4O2. The number of nitrogens with one attached hydrogen (secondary N) is 1. The molecule has 0 amide bonds. The molecule has 1 aromatic carbocycles. The summed E-state index contributed by atoms with van der Waals surface area (Å²) in [7, 11) is 0. The Hall–Kier alpha value is -2.18. The Balaban J connectivity index is 1.49. The monoisotopic (exact) mass is 354 g/mol. The molecule has 26 heavy (non-hydrogen) atoms. The largest absolute Gasteiger partial charge is 0.356 e. The number of aromatic nitrogens is 2. The zero-order valence-corrected chi connectivity index (χ0v) is 15.5. The first-order chi connectivity index (χ1) is 12.7. The zero-order chi connectivity index (χ0) is 18.0. The van der Waals surface area contributed by atoms with Gasteiger partial charge in [0.15, 0.2) is 5.79 Å². The highest BCUT2D eigenvalue weighted by molar-refractivity contribution is 5.63. The predicted octanol–water partition coefficient (Wildman–Crippen LogP) is 3.43. The van der Waals surface area contributed by atoms with Gasteiger partial charge in [-0.05, 0) is 30.5 Å². The Labute approximate surface area is 154 Å². The minimum absolute atomic E-state index is 0.359. The van der Waals surface area contributed by atoms with Gasteiger partial charge in [0.25, 0.3) is 0 Å². The van der Waals surface area contributed by atoms with Crippen LogP contribution in [0.1, 0.15) is 30.9 Å². The highest BCUT2D eigenvalue weighted by atomic mass is 16.7. The first-order valence-electron chi connectivity index (χ1n) is 9.40.